The molecular weight excluding hydrogens is 250 g/mol. The van der Waals surface area contributed by atoms with E-state index in [-0.39, 0.29) is 0 Å². The molecule has 0 radical (unpaired) electrons. The van der Waals surface area contributed by atoms with E-state index in [1.165, 1.54) is 5.69 Å². The largest absolute Gasteiger partial charge is 0.381 e. The molecule has 2 rings (SSSR count). The average Bonchev–Trinajstić information content (AvgIpc) is 2.46. The highest BCUT2D eigenvalue weighted by atomic mass is 16.1. The van der Waals surface area contributed by atoms with Crippen LogP contribution in [-0.2, 0) is 6.54 Å². The summed E-state index contributed by atoms with van der Waals surface area (Å²) >= 11 is 0. The molecule has 2 aromatic rings. The Morgan fingerprint density at radius 1 is 1.05 bits per heavy atom. The minimum atomic E-state index is -0.399. The van der Waals surface area contributed by atoms with E-state index in [9.17, 15) is 4.79 Å². The molecule has 0 saturated carbocycles. The third-order valence-electron chi connectivity index (χ3n) is 3.12. The number of nitrogens with one attached hydrogen (secondary N) is 1. The van der Waals surface area contributed by atoms with Gasteiger partial charge in [-0.2, -0.15) is 0 Å². The van der Waals surface area contributed by atoms with Crippen LogP contribution in [0.3, 0.4) is 0 Å². The Bertz CT molecular complexity index is 574. The fourth-order valence-electron chi connectivity index (χ4n) is 1.87. The molecule has 0 spiro atoms. The first-order valence-corrected chi connectivity index (χ1v) is 6.46. The van der Waals surface area contributed by atoms with Crippen LogP contribution in [0.25, 0.3) is 0 Å². The van der Waals surface area contributed by atoms with Crippen LogP contribution in [0.4, 0.5) is 11.4 Å². The molecule has 0 heterocycles. The van der Waals surface area contributed by atoms with Crippen LogP contribution in [-0.4, -0.2) is 20.0 Å². The molecule has 104 valence electrons. The predicted octanol–water partition coefficient (Wildman–Crippen LogP) is 2.46. The highest BCUT2D eigenvalue weighted by molar-refractivity contribution is 5.92. The molecule has 0 aliphatic carbocycles. The summed E-state index contributed by atoms with van der Waals surface area (Å²) in [5, 5.41) is 3.34. The van der Waals surface area contributed by atoms with Gasteiger partial charge in [-0.05, 0) is 42.0 Å². The van der Waals surface area contributed by atoms with Crippen molar-refractivity contribution in [2.24, 2.45) is 5.73 Å². The van der Waals surface area contributed by atoms with Crippen molar-refractivity contribution in [3.8, 4) is 0 Å². The van der Waals surface area contributed by atoms with Gasteiger partial charge in [-0.3, -0.25) is 4.79 Å². The molecule has 4 nitrogen and oxygen atoms in total. The Morgan fingerprint density at radius 3 is 2.15 bits per heavy atom. The summed E-state index contributed by atoms with van der Waals surface area (Å²) in [5.74, 6) is -0.399. The number of carbonyl (C=O) groups is 1. The third kappa shape index (κ3) is 3.51. The molecule has 0 saturated heterocycles. The average molecular weight is 269 g/mol. The SMILES string of the molecule is CN(C)c1ccc(NCc2ccc(C(N)=O)cc2)cc1. The fourth-order valence-corrected chi connectivity index (χ4v) is 1.87. The number of nitrogens with zero attached hydrogens (tertiary/aromatic N) is 1. The molecule has 0 atom stereocenters. The Morgan fingerprint density at radius 2 is 1.65 bits per heavy atom. The minimum Gasteiger partial charge on any atom is -0.381 e. The van der Waals surface area contributed by atoms with Crippen molar-refractivity contribution >= 4 is 17.3 Å². The quantitative estimate of drug-likeness (QED) is 0.876. The highest BCUT2D eigenvalue weighted by Gasteiger charge is 2.00. The second-order valence-corrected chi connectivity index (χ2v) is 4.86. The molecule has 4 heteroatoms. The zero-order valence-corrected chi connectivity index (χ0v) is 11.8. The number of carbonyl (C=O) groups excluding carboxylic acids is 1. The Kier molecular flexibility index (Phi) is 4.25. The summed E-state index contributed by atoms with van der Waals surface area (Å²) < 4.78 is 0. The standard InChI is InChI=1S/C16H19N3O/c1-19(2)15-9-7-14(8-10-15)18-11-12-3-5-13(6-4-12)16(17)20/h3-10,18H,11H2,1-2H3,(H2,17,20). The highest BCUT2D eigenvalue weighted by Crippen LogP contribution is 2.16. The normalized spacial score (nSPS) is 10.1. The van der Waals surface area contributed by atoms with E-state index in [4.69, 9.17) is 5.73 Å². The van der Waals surface area contributed by atoms with Gasteiger partial charge in [0.25, 0.3) is 0 Å². The molecule has 1 amide bonds. The summed E-state index contributed by atoms with van der Waals surface area (Å²) in [5.41, 5.74) is 9.08. The van der Waals surface area contributed by atoms with Crippen molar-refractivity contribution in [1.82, 2.24) is 0 Å². The lowest BCUT2D eigenvalue weighted by Gasteiger charge is -2.13. The van der Waals surface area contributed by atoms with Crippen LogP contribution < -0.4 is 16.0 Å². The zero-order valence-electron chi connectivity index (χ0n) is 11.8. The Labute approximate surface area is 119 Å². The molecule has 0 fully saturated rings. The summed E-state index contributed by atoms with van der Waals surface area (Å²) in [6, 6.07) is 15.5. The fraction of sp³-hybridized carbons (Fsp3) is 0.188. The van der Waals surface area contributed by atoms with E-state index in [0.717, 1.165) is 11.3 Å². The van der Waals surface area contributed by atoms with Gasteiger partial charge in [0.05, 0.1) is 0 Å². The Balaban J connectivity index is 1.96. The summed E-state index contributed by atoms with van der Waals surface area (Å²) in [7, 11) is 4.03. The minimum absolute atomic E-state index is 0.399. The monoisotopic (exact) mass is 269 g/mol. The summed E-state index contributed by atoms with van der Waals surface area (Å²) in [4.78, 5) is 13.0. The van der Waals surface area contributed by atoms with Crippen molar-refractivity contribution in [3.05, 3.63) is 59.7 Å². The Hall–Kier alpha value is -2.49. The van der Waals surface area contributed by atoms with Gasteiger partial charge in [-0.1, -0.05) is 12.1 Å². The maximum atomic E-state index is 11.0. The maximum Gasteiger partial charge on any atom is 0.248 e. The lowest BCUT2D eigenvalue weighted by molar-refractivity contribution is 0.100. The number of hydrogen-bond donors (Lipinski definition) is 2. The number of benzene rings is 2. The number of primary amides is 1. The van der Waals surface area contributed by atoms with Crippen LogP contribution in [0.1, 0.15) is 15.9 Å². The molecule has 0 unspecified atom stereocenters. The number of nitrogens with two attached hydrogens (primary N) is 1. The molecule has 20 heavy (non-hydrogen) atoms. The van der Waals surface area contributed by atoms with Gasteiger partial charge in [0.1, 0.15) is 0 Å². The predicted molar refractivity (Wildman–Crippen MR) is 83.1 cm³/mol. The third-order valence-corrected chi connectivity index (χ3v) is 3.12. The molecule has 0 aromatic heterocycles. The molecule has 0 aliphatic rings. The van der Waals surface area contributed by atoms with Crippen molar-refractivity contribution < 1.29 is 4.79 Å². The van der Waals surface area contributed by atoms with Crippen LogP contribution in [0, 0.1) is 0 Å². The number of anilines is 2. The van der Waals surface area contributed by atoms with Crippen LogP contribution >= 0.6 is 0 Å². The van der Waals surface area contributed by atoms with Gasteiger partial charge < -0.3 is 16.0 Å². The molecule has 2 aromatic carbocycles. The maximum absolute atomic E-state index is 11.0. The van der Waals surface area contributed by atoms with Gasteiger partial charge in [-0.25, -0.2) is 0 Å². The van der Waals surface area contributed by atoms with Crippen molar-refractivity contribution in [1.29, 1.82) is 0 Å². The lowest BCUT2D eigenvalue weighted by Crippen LogP contribution is -2.10. The molecular formula is C16H19N3O. The van der Waals surface area contributed by atoms with Crippen molar-refractivity contribution in [2.75, 3.05) is 24.3 Å². The zero-order chi connectivity index (χ0) is 14.5. The van der Waals surface area contributed by atoms with Crippen LogP contribution in [0.2, 0.25) is 0 Å². The van der Waals surface area contributed by atoms with E-state index in [0.29, 0.717) is 12.1 Å². The van der Waals surface area contributed by atoms with Crippen molar-refractivity contribution in [3.63, 3.8) is 0 Å². The summed E-state index contributed by atoms with van der Waals surface area (Å²) in [6.45, 7) is 0.709. The number of hydrogen-bond acceptors (Lipinski definition) is 3. The first-order chi connectivity index (χ1) is 9.56. The van der Waals surface area contributed by atoms with Crippen LogP contribution in [0.15, 0.2) is 48.5 Å². The second kappa shape index (κ2) is 6.10. The van der Waals surface area contributed by atoms with Gasteiger partial charge in [0.2, 0.25) is 5.91 Å². The molecule has 3 N–H and O–H groups in total. The smallest absolute Gasteiger partial charge is 0.248 e. The van der Waals surface area contributed by atoms with Gasteiger partial charge in [0.15, 0.2) is 0 Å². The van der Waals surface area contributed by atoms with E-state index < -0.39 is 5.91 Å². The summed E-state index contributed by atoms with van der Waals surface area (Å²) in [6.07, 6.45) is 0. The topological polar surface area (TPSA) is 58.4 Å². The van der Waals surface area contributed by atoms with Gasteiger partial charge >= 0.3 is 0 Å². The van der Waals surface area contributed by atoms with E-state index in [1.807, 2.05) is 38.4 Å². The van der Waals surface area contributed by atoms with Gasteiger partial charge in [0, 0.05) is 37.6 Å². The first-order valence-electron chi connectivity index (χ1n) is 6.46. The molecule has 0 bridgehead atoms. The van der Waals surface area contributed by atoms with E-state index >= 15 is 0 Å². The first kappa shape index (κ1) is 13.9. The number of rotatable bonds is 5. The van der Waals surface area contributed by atoms with Gasteiger partial charge in [-0.15, -0.1) is 0 Å². The lowest BCUT2D eigenvalue weighted by atomic mass is 10.1. The van der Waals surface area contributed by atoms with Crippen molar-refractivity contribution in [2.45, 2.75) is 6.54 Å². The second-order valence-electron chi connectivity index (χ2n) is 4.86. The van der Waals surface area contributed by atoms with Crippen LogP contribution in [0.5, 0.6) is 0 Å². The molecule has 0 aliphatic heterocycles. The number of amides is 1. The van der Waals surface area contributed by atoms with E-state index in [1.54, 1.807) is 12.1 Å². The van der Waals surface area contributed by atoms with E-state index in [2.05, 4.69) is 22.3 Å².